The fourth-order valence-corrected chi connectivity index (χ4v) is 2.25. The number of anilines is 2. The van der Waals surface area contributed by atoms with Crippen molar-refractivity contribution in [1.29, 1.82) is 0 Å². The average molecular weight is 273 g/mol. The predicted molar refractivity (Wildman–Crippen MR) is 71.6 cm³/mol. The number of rotatable bonds is 6. The summed E-state index contributed by atoms with van der Waals surface area (Å²) in [5.74, 6) is 0. The molecule has 1 rings (SSSR count). The summed E-state index contributed by atoms with van der Waals surface area (Å²) in [6.45, 7) is 2.34. The van der Waals surface area contributed by atoms with Crippen LogP contribution in [0.4, 0.5) is 11.4 Å². The lowest BCUT2D eigenvalue weighted by Gasteiger charge is -2.13. The summed E-state index contributed by atoms with van der Waals surface area (Å²) in [7, 11) is -3.82. The molecule has 1 unspecified atom stereocenters. The summed E-state index contributed by atoms with van der Waals surface area (Å²) in [5.41, 5.74) is 6.26. The van der Waals surface area contributed by atoms with Crippen LogP contribution in [0.15, 0.2) is 23.1 Å². The van der Waals surface area contributed by atoms with Gasteiger partial charge in [-0.1, -0.05) is 6.92 Å². The number of nitrogens with two attached hydrogens (primary N) is 2. The first-order valence-electron chi connectivity index (χ1n) is 5.69. The Balaban J connectivity index is 2.83. The van der Waals surface area contributed by atoms with Gasteiger partial charge < -0.3 is 16.2 Å². The number of hydrogen-bond donors (Lipinski definition) is 4. The Morgan fingerprint density at radius 3 is 2.67 bits per heavy atom. The van der Waals surface area contributed by atoms with Gasteiger partial charge in [-0.05, 0) is 31.0 Å². The van der Waals surface area contributed by atoms with Crippen molar-refractivity contribution >= 4 is 21.4 Å². The normalized spacial score (nSPS) is 13.3. The largest absolute Gasteiger partial charge is 0.399 e. The molecule has 1 aromatic carbocycles. The van der Waals surface area contributed by atoms with E-state index in [1.54, 1.807) is 12.1 Å². The van der Waals surface area contributed by atoms with Gasteiger partial charge in [-0.25, -0.2) is 13.6 Å². The van der Waals surface area contributed by atoms with Gasteiger partial charge in [0.2, 0.25) is 10.0 Å². The molecule has 18 heavy (non-hydrogen) atoms. The molecule has 0 spiro atoms. The zero-order chi connectivity index (χ0) is 13.8. The van der Waals surface area contributed by atoms with Crippen LogP contribution in [-0.4, -0.2) is 26.2 Å². The standard InChI is InChI=1S/C11H19N3O3S/c1-2-9(15)5-6-14-10-4-3-8(12)7-11(10)18(13,16)17/h3-4,7,9,14-15H,2,5-6,12H2,1H3,(H2,13,16,17). The van der Waals surface area contributed by atoms with Crippen LogP contribution in [0.1, 0.15) is 19.8 Å². The highest BCUT2D eigenvalue weighted by Crippen LogP contribution is 2.22. The Kier molecular flexibility index (Phi) is 4.94. The lowest BCUT2D eigenvalue weighted by atomic mass is 10.2. The first kappa shape index (κ1) is 14.7. The van der Waals surface area contributed by atoms with Crippen molar-refractivity contribution < 1.29 is 13.5 Å². The van der Waals surface area contributed by atoms with E-state index in [4.69, 9.17) is 10.9 Å². The van der Waals surface area contributed by atoms with Crippen LogP contribution in [0.3, 0.4) is 0 Å². The van der Waals surface area contributed by atoms with E-state index in [2.05, 4.69) is 5.32 Å². The molecular weight excluding hydrogens is 254 g/mol. The van der Waals surface area contributed by atoms with Crippen molar-refractivity contribution in [1.82, 2.24) is 0 Å². The molecule has 7 heteroatoms. The van der Waals surface area contributed by atoms with Crippen molar-refractivity contribution in [3.05, 3.63) is 18.2 Å². The monoisotopic (exact) mass is 273 g/mol. The van der Waals surface area contributed by atoms with Gasteiger partial charge in [-0.3, -0.25) is 0 Å². The van der Waals surface area contributed by atoms with Crippen molar-refractivity contribution in [2.24, 2.45) is 5.14 Å². The van der Waals surface area contributed by atoms with Gasteiger partial charge in [0.25, 0.3) is 0 Å². The van der Waals surface area contributed by atoms with E-state index >= 15 is 0 Å². The fraction of sp³-hybridized carbons (Fsp3) is 0.455. The third-order valence-electron chi connectivity index (χ3n) is 2.58. The van der Waals surface area contributed by atoms with Gasteiger partial charge >= 0.3 is 0 Å². The third-order valence-corrected chi connectivity index (χ3v) is 3.53. The Morgan fingerprint density at radius 2 is 2.11 bits per heavy atom. The number of benzene rings is 1. The molecule has 102 valence electrons. The van der Waals surface area contributed by atoms with Crippen molar-refractivity contribution in [3.63, 3.8) is 0 Å². The highest BCUT2D eigenvalue weighted by atomic mass is 32.2. The molecule has 0 heterocycles. The van der Waals surface area contributed by atoms with Crippen molar-refractivity contribution in [2.75, 3.05) is 17.6 Å². The van der Waals surface area contributed by atoms with Crippen molar-refractivity contribution in [2.45, 2.75) is 30.8 Å². The average Bonchev–Trinajstić information content (AvgIpc) is 2.29. The summed E-state index contributed by atoms with van der Waals surface area (Å²) >= 11 is 0. The van der Waals surface area contributed by atoms with Crippen LogP contribution in [0, 0.1) is 0 Å². The smallest absolute Gasteiger partial charge is 0.240 e. The maximum atomic E-state index is 11.4. The summed E-state index contributed by atoms with van der Waals surface area (Å²) in [4.78, 5) is -0.0338. The molecule has 0 saturated carbocycles. The predicted octanol–water partition coefficient (Wildman–Crippen LogP) is 0.489. The molecule has 1 atom stereocenters. The van der Waals surface area contributed by atoms with E-state index in [9.17, 15) is 13.5 Å². The van der Waals surface area contributed by atoms with Gasteiger partial charge in [-0.15, -0.1) is 0 Å². The molecule has 0 radical (unpaired) electrons. The van der Waals surface area contributed by atoms with E-state index in [-0.39, 0.29) is 4.90 Å². The minimum absolute atomic E-state index is 0.0338. The summed E-state index contributed by atoms with van der Waals surface area (Å²) in [6, 6.07) is 4.47. The van der Waals surface area contributed by atoms with Gasteiger partial charge in [0.15, 0.2) is 0 Å². The van der Waals surface area contributed by atoms with Crippen LogP contribution >= 0.6 is 0 Å². The van der Waals surface area contributed by atoms with Gasteiger partial charge in [-0.2, -0.15) is 0 Å². The van der Waals surface area contributed by atoms with Gasteiger partial charge in [0.05, 0.1) is 11.8 Å². The van der Waals surface area contributed by atoms with E-state index in [0.717, 1.165) is 0 Å². The van der Waals surface area contributed by atoms with Crippen LogP contribution in [-0.2, 0) is 10.0 Å². The lowest BCUT2D eigenvalue weighted by molar-refractivity contribution is 0.164. The molecule has 0 saturated heterocycles. The van der Waals surface area contributed by atoms with E-state index in [1.165, 1.54) is 6.07 Å². The molecule has 6 N–H and O–H groups in total. The zero-order valence-corrected chi connectivity index (χ0v) is 11.1. The molecule has 0 aliphatic carbocycles. The van der Waals surface area contributed by atoms with Crippen LogP contribution < -0.4 is 16.2 Å². The molecule has 6 nitrogen and oxygen atoms in total. The number of nitrogens with one attached hydrogen (secondary N) is 1. The second-order valence-electron chi connectivity index (χ2n) is 4.08. The third kappa shape index (κ3) is 4.17. The molecular formula is C11H19N3O3S. The number of primary sulfonamides is 1. The zero-order valence-electron chi connectivity index (χ0n) is 10.3. The fourth-order valence-electron chi connectivity index (χ4n) is 1.50. The topological polar surface area (TPSA) is 118 Å². The van der Waals surface area contributed by atoms with E-state index in [1.807, 2.05) is 6.92 Å². The van der Waals surface area contributed by atoms with Gasteiger partial charge in [0.1, 0.15) is 4.90 Å². The van der Waals surface area contributed by atoms with Gasteiger partial charge in [0, 0.05) is 12.2 Å². The first-order chi connectivity index (χ1) is 8.34. The molecule has 0 bridgehead atoms. The highest BCUT2D eigenvalue weighted by Gasteiger charge is 2.14. The molecule has 0 amide bonds. The number of sulfonamides is 1. The molecule has 0 aliphatic rings. The number of aliphatic hydroxyl groups is 1. The minimum atomic E-state index is -3.82. The number of nitrogen functional groups attached to an aromatic ring is 1. The maximum absolute atomic E-state index is 11.4. The number of hydrogen-bond acceptors (Lipinski definition) is 5. The lowest BCUT2D eigenvalue weighted by Crippen LogP contribution is -2.17. The molecule has 0 aromatic heterocycles. The number of aliphatic hydroxyl groups excluding tert-OH is 1. The Hall–Kier alpha value is -1.31. The SMILES string of the molecule is CCC(O)CCNc1ccc(N)cc1S(N)(=O)=O. The maximum Gasteiger partial charge on any atom is 0.240 e. The quantitative estimate of drug-likeness (QED) is 0.562. The second-order valence-corrected chi connectivity index (χ2v) is 5.61. The van der Waals surface area contributed by atoms with Crippen molar-refractivity contribution in [3.8, 4) is 0 Å². The van der Waals surface area contributed by atoms with E-state index in [0.29, 0.717) is 30.8 Å². The summed E-state index contributed by atoms with van der Waals surface area (Å²) in [6.07, 6.45) is 0.792. The minimum Gasteiger partial charge on any atom is -0.399 e. The van der Waals surface area contributed by atoms with Crippen LogP contribution in [0.2, 0.25) is 0 Å². The van der Waals surface area contributed by atoms with Crippen LogP contribution in [0.5, 0.6) is 0 Å². The first-order valence-corrected chi connectivity index (χ1v) is 7.23. The molecule has 0 fully saturated rings. The van der Waals surface area contributed by atoms with Crippen LogP contribution in [0.25, 0.3) is 0 Å². The molecule has 0 aliphatic heterocycles. The Morgan fingerprint density at radius 1 is 1.44 bits per heavy atom. The summed E-state index contributed by atoms with van der Waals surface area (Å²) < 4.78 is 22.8. The Bertz CT molecular complexity index is 502. The Labute approximate surface area is 107 Å². The highest BCUT2D eigenvalue weighted by molar-refractivity contribution is 7.89. The second kappa shape index (κ2) is 6.03. The molecule has 1 aromatic rings. The summed E-state index contributed by atoms with van der Waals surface area (Å²) in [5, 5.41) is 17.5. The van der Waals surface area contributed by atoms with E-state index < -0.39 is 16.1 Å².